The number of carbonyl (C=O) groups is 2. The van der Waals surface area contributed by atoms with E-state index in [4.69, 9.17) is 10.4 Å². The van der Waals surface area contributed by atoms with Crippen LogP contribution in [0.4, 0.5) is 5.69 Å². The van der Waals surface area contributed by atoms with Crippen LogP contribution in [-0.4, -0.2) is 22.0 Å². The normalized spacial score (nSPS) is 9.80. The Bertz CT molecular complexity index is 726. The number of aryl methyl sites for hydroxylation is 1. The first-order valence-corrected chi connectivity index (χ1v) is 5.75. The number of aromatic nitrogens is 1. The molecule has 0 fully saturated rings. The largest absolute Gasteiger partial charge is 0.478 e. The zero-order chi connectivity index (χ0) is 14.7. The van der Waals surface area contributed by atoms with Crippen molar-refractivity contribution in [3.05, 3.63) is 52.8 Å². The highest BCUT2D eigenvalue weighted by Crippen LogP contribution is 2.20. The Hall–Kier alpha value is -3.07. The molecule has 0 unspecified atom stereocenters. The molecule has 0 saturated carbocycles. The molecule has 0 saturated heterocycles. The number of rotatable bonds is 3. The van der Waals surface area contributed by atoms with Crippen LogP contribution < -0.4 is 5.32 Å². The van der Waals surface area contributed by atoms with Crippen molar-refractivity contribution in [2.45, 2.75) is 6.92 Å². The van der Waals surface area contributed by atoms with Gasteiger partial charge in [0, 0.05) is 17.5 Å². The molecule has 6 heteroatoms. The number of H-pyrrole nitrogens is 1. The van der Waals surface area contributed by atoms with E-state index in [1.165, 1.54) is 12.3 Å². The quantitative estimate of drug-likeness (QED) is 0.793. The second kappa shape index (κ2) is 5.28. The predicted octanol–water partition coefficient (Wildman–Crippen LogP) is 2.15. The maximum Gasteiger partial charge on any atom is 0.339 e. The van der Waals surface area contributed by atoms with Crippen molar-refractivity contribution in [3.63, 3.8) is 0 Å². The zero-order valence-corrected chi connectivity index (χ0v) is 10.6. The Morgan fingerprint density at radius 2 is 2.15 bits per heavy atom. The van der Waals surface area contributed by atoms with Gasteiger partial charge in [0.1, 0.15) is 5.56 Å². The molecule has 20 heavy (non-hydrogen) atoms. The van der Waals surface area contributed by atoms with Gasteiger partial charge in [0.2, 0.25) is 0 Å². The van der Waals surface area contributed by atoms with E-state index in [9.17, 15) is 9.59 Å². The Morgan fingerprint density at radius 1 is 1.40 bits per heavy atom. The third kappa shape index (κ3) is 2.52. The van der Waals surface area contributed by atoms with E-state index in [0.717, 1.165) is 0 Å². The monoisotopic (exact) mass is 269 g/mol. The summed E-state index contributed by atoms with van der Waals surface area (Å²) in [5.41, 5.74) is 1.33. The molecule has 0 aliphatic rings. The summed E-state index contributed by atoms with van der Waals surface area (Å²) in [6, 6.07) is 8.11. The molecule has 0 spiro atoms. The second-order valence-electron chi connectivity index (χ2n) is 4.15. The Labute approximate surface area is 114 Å². The number of hydrogen-bond acceptors (Lipinski definition) is 3. The highest BCUT2D eigenvalue weighted by molar-refractivity contribution is 6.08. The topological polar surface area (TPSA) is 106 Å². The minimum atomic E-state index is -1.12. The summed E-state index contributed by atoms with van der Waals surface area (Å²) < 4.78 is 0. The van der Waals surface area contributed by atoms with Crippen molar-refractivity contribution in [2.24, 2.45) is 0 Å². The van der Waals surface area contributed by atoms with Crippen molar-refractivity contribution in [2.75, 3.05) is 5.32 Å². The van der Waals surface area contributed by atoms with Crippen molar-refractivity contribution in [1.29, 1.82) is 5.26 Å². The summed E-state index contributed by atoms with van der Waals surface area (Å²) in [6.07, 6.45) is 1.42. The van der Waals surface area contributed by atoms with Crippen LogP contribution >= 0.6 is 0 Å². The van der Waals surface area contributed by atoms with Gasteiger partial charge in [-0.15, -0.1) is 0 Å². The molecule has 0 radical (unpaired) electrons. The molecule has 0 aliphatic carbocycles. The van der Waals surface area contributed by atoms with Gasteiger partial charge in [-0.3, -0.25) is 4.79 Å². The first kappa shape index (κ1) is 13.4. The number of anilines is 1. The van der Waals surface area contributed by atoms with Gasteiger partial charge in [0.25, 0.3) is 5.91 Å². The maximum atomic E-state index is 12.0. The Kier molecular flexibility index (Phi) is 3.53. The summed E-state index contributed by atoms with van der Waals surface area (Å²) in [6.45, 7) is 1.61. The summed E-state index contributed by atoms with van der Waals surface area (Å²) in [7, 11) is 0. The summed E-state index contributed by atoms with van der Waals surface area (Å²) in [4.78, 5) is 25.9. The first-order chi connectivity index (χ1) is 9.52. The van der Waals surface area contributed by atoms with E-state index < -0.39 is 11.9 Å². The molecular weight excluding hydrogens is 258 g/mol. The molecule has 3 N–H and O–H groups in total. The Morgan fingerprint density at radius 3 is 2.80 bits per heavy atom. The molecule has 1 heterocycles. The van der Waals surface area contributed by atoms with Crippen LogP contribution in [0.3, 0.4) is 0 Å². The van der Waals surface area contributed by atoms with Crippen LogP contribution in [-0.2, 0) is 0 Å². The minimum absolute atomic E-state index is 0.0230. The van der Waals surface area contributed by atoms with Crippen LogP contribution in [0.15, 0.2) is 30.5 Å². The highest BCUT2D eigenvalue weighted by atomic mass is 16.4. The standard InChI is InChI=1S/C14H11N3O3/c1-8-12(14(19)20)11(7-16-8)17-13(18)10-4-2-3-9(5-10)6-15/h2-5,7,16H,1H3,(H,17,18)(H,19,20). The van der Waals surface area contributed by atoms with E-state index >= 15 is 0 Å². The molecule has 2 rings (SSSR count). The van der Waals surface area contributed by atoms with E-state index in [-0.39, 0.29) is 11.3 Å². The molecule has 1 aromatic carbocycles. The zero-order valence-electron chi connectivity index (χ0n) is 10.6. The van der Waals surface area contributed by atoms with E-state index in [2.05, 4.69) is 10.3 Å². The van der Waals surface area contributed by atoms with Crippen molar-refractivity contribution in [1.82, 2.24) is 4.98 Å². The van der Waals surface area contributed by atoms with E-state index in [0.29, 0.717) is 16.8 Å². The van der Waals surface area contributed by atoms with Crippen molar-refractivity contribution in [3.8, 4) is 6.07 Å². The van der Waals surface area contributed by atoms with E-state index in [1.807, 2.05) is 6.07 Å². The molecule has 1 aromatic heterocycles. The number of carbonyl (C=O) groups excluding carboxylic acids is 1. The van der Waals surface area contributed by atoms with Crippen LogP contribution in [0, 0.1) is 18.3 Å². The molecule has 1 amide bonds. The number of amides is 1. The molecule has 0 atom stereocenters. The number of carboxylic acid groups (broad SMARTS) is 1. The number of nitrogens with zero attached hydrogens (tertiary/aromatic N) is 1. The molecule has 6 nitrogen and oxygen atoms in total. The SMILES string of the molecule is Cc1[nH]cc(NC(=O)c2cccc(C#N)c2)c1C(=O)O. The van der Waals surface area contributed by atoms with E-state index in [1.54, 1.807) is 25.1 Å². The fourth-order valence-electron chi connectivity index (χ4n) is 1.83. The summed E-state index contributed by atoms with van der Waals surface area (Å²) in [5, 5.41) is 20.4. The highest BCUT2D eigenvalue weighted by Gasteiger charge is 2.17. The minimum Gasteiger partial charge on any atom is -0.478 e. The van der Waals surface area contributed by atoms with Crippen molar-refractivity contribution >= 4 is 17.6 Å². The lowest BCUT2D eigenvalue weighted by Crippen LogP contribution is -2.14. The molecule has 2 aromatic rings. The van der Waals surface area contributed by atoms with Gasteiger partial charge in [0.05, 0.1) is 17.3 Å². The number of benzene rings is 1. The van der Waals surface area contributed by atoms with Gasteiger partial charge < -0.3 is 15.4 Å². The third-order valence-electron chi connectivity index (χ3n) is 2.79. The lowest BCUT2D eigenvalue weighted by Gasteiger charge is -2.05. The van der Waals surface area contributed by atoms with Gasteiger partial charge in [-0.2, -0.15) is 5.26 Å². The molecule has 0 bridgehead atoms. The number of aromatic carboxylic acids is 1. The first-order valence-electron chi connectivity index (χ1n) is 5.75. The Balaban J connectivity index is 2.28. The van der Waals surface area contributed by atoms with Crippen LogP contribution in [0.1, 0.15) is 32.0 Å². The lowest BCUT2D eigenvalue weighted by molar-refractivity contribution is 0.0697. The lowest BCUT2D eigenvalue weighted by atomic mass is 10.1. The molecule has 0 aliphatic heterocycles. The van der Waals surface area contributed by atoms with Gasteiger partial charge in [-0.1, -0.05) is 6.07 Å². The summed E-state index contributed by atoms with van der Waals surface area (Å²) >= 11 is 0. The smallest absolute Gasteiger partial charge is 0.339 e. The molecular formula is C14H11N3O3. The van der Waals surface area contributed by atoms with Crippen LogP contribution in [0.5, 0.6) is 0 Å². The maximum absolute atomic E-state index is 12.0. The third-order valence-corrected chi connectivity index (χ3v) is 2.79. The average Bonchev–Trinajstić information content (AvgIpc) is 2.79. The van der Waals surface area contributed by atoms with Gasteiger partial charge in [-0.05, 0) is 25.1 Å². The average molecular weight is 269 g/mol. The number of carboxylic acids is 1. The number of aromatic amines is 1. The fourth-order valence-corrected chi connectivity index (χ4v) is 1.83. The van der Waals surface area contributed by atoms with Crippen molar-refractivity contribution < 1.29 is 14.7 Å². The van der Waals surface area contributed by atoms with Crippen LogP contribution in [0.25, 0.3) is 0 Å². The number of nitrogens with one attached hydrogen (secondary N) is 2. The number of hydrogen-bond donors (Lipinski definition) is 3. The van der Waals surface area contributed by atoms with Gasteiger partial charge in [0.15, 0.2) is 0 Å². The van der Waals surface area contributed by atoms with Gasteiger partial charge >= 0.3 is 5.97 Å². The second-order valence-corrected chi connectivity index (χ2v) is 4.15. The predicted molar refractivity (Wildman–Crippen MR) is 71.6 cm³/mol. The van der Waals surface area contributed by atoms with Gasteiger partial charge in [-0.25, -0.2) is 4.79 Å². The van der Waals surface area contributed by atoms with Crippen LogP contribution in [0.2, 0.25) is 0 Å². The fraction of sp³-hybridized carbons (Fsp3) is 0.0714. The summed E-state index contributed by atoms with van der Waals surface area (Å²) in [5.74, 6) is -1.59. The number of nitriles is 1. The molecule has 100 valence electrons.